The molecule has 1 saturated heterocycles. The second kappa shape index (κ2) is 10.9. The number of aromatic nitrogens is 5. The van der Waals surface area contributed by atoms with Crippen LogP contribution in [0.2, 0.25) is 0 Å². The number of aromatic hydroxyl groups is 1. The van der Waals surface area contributed by atoms with E-state index < -0.39 is 50.5 Å². The Hall–Kier alpha value is -4.82. The van der Waals surface area contributed by atoms with Crippen molar-refractivity contribution in [1.82, 2.24) is 28.4 Å². The van der Waals surface area contributed by atoms with E-state index in [1.807, 2.05) is 0 Å². The topological polar surface area (TPSA) is 160 Å². The molecule has 2 fully saturated rings. The third kappa shape index (κ3) is 4.11. The number of rotatable bonds is 6. The van der Waals surface area contributed by atoms with Crippen LogP contribution in [0.3, 0.4) is 0 Å². The van der Waals surface area contributed by atoms with Crippen molar-refractivity contribution < 1.29 is 24.2 Å². The number of amides is 2. The first-order valence-electron chi connectivity index (χ1n) is 15.0. The van der Waals surface area contributed by atoms with Gasteiger partial charge < -0.3 is 19.1 Å². The number of benzene rings is 2. The number of carbonyl (C=O) groups excluding carboxylic acids is 2. The molecule has 2 aromatic carbocycles. The Balaban J connectivity index is 1.31. The summed E-state index contributed by atoms with van der Waals surface area (Å²) in [6.45, 7) is -0.213. The summed E-state index contributed by atoms with van der Waals surface area (Å²) < 4.78 is 15.6. The number of phenols is 1. The van der Waals surface area contributed by atoms with Gasteiger partial charge >= 0.3 is 11.4 Å². The molecule has 4 atom stereocenters. The smallest absolute Gasteiger partial charge is 0.347 e. The predicted molar refractivity (Wildman–Crippen MR) is 174 cm³/mol. The van der Waals surface area contributed by atoms with Gasteiger partial charge in [-0.05, 0) is 23.3 Å². The summed E-state index contributed by atoms with van der Waals surface area (Å²) in [5.41, 5.74) is 0.279. The summed E-state index contributed by atoms with van der Waals surface area (Å²) in [5, 5.41) is 10.3. The lowest BCUT2D eigenvalue weighted by atomic mass is 9.64. The van der Waals surface area contributed by atoms with Crippen molar-refractivity contribution in [1.29, 1.82) is 0 Å². The largest absolute Gasteiger partial charge is 0.508 e. The number of allylic oxidation sites excluding steroid dienone is 2. The minimum absolute atomic E-state index is 0.0416. The Morgan fingerprint density at radius 1 is 0.979 bits per heavy atom. The fourth-order valence-corrected chi connectivity index (χ4v) is 8.41. The normalized spacial score (nSPS) is 24.7. The summed E-state index contributed by atoms with van der Waals surface area (Å²) in [4.78, 5) is 69.7. The van der Waals surface area contributed by atoms with Crippen LogP contribution < -0.4 is 26.4 Å². The number of imide groups is 1. The van der Waals surface area contributed by atoms with Gasteiger partial charge in [-0.1, -0.05) is 18.2 Å². The summed E-state index contributed by atoms with van der Waals surface area (Å²) in [6.07, 6.45) is 1.41. The number of fused-ring (bicyclic) bond motifs is 5. The van der Waals surface area contributed by atoms with Gasteiger partial charge in [0, 0.05) is 51.5 Å². The Labute approximate surface area is 281 Å². The average Bonchev–Trinajstić information content (AvgIpc) is 3.39. The zero-order valence-electron chi connectivity index (χ0n) is 26.3. The first-order valence-corrected chi connectivity index (χ1v) is 15.8. The van der Waals surface area contributed by atoms with E-state index in [9.17, 15) is 29.1 Å². The van der Waals surface area contributed by atoms with Gasteiger partial charge in [0.1, 0.15) is 11.4 Å². The van der Waals surface area contributed by atoms with Crippen molar-refractivity contribution in [2.24, 2.45) is 7.05 Å². The highest BCUT2D eigenvalue weighted by Crippen LogP contribution is 2.63. The van der Waals surface area contributed by atoms with Gasteiger partial charge in [0.25, 0.3) is 17.4 Å². The Morgan fingerprint density at radius 3 is 2.38 bits per heavy atom. The Bertz CT molecular complexity index is 2290. The molecule has 7 rings (SSSR count). The highest BCUT2D eigenvalue weighted by atomic mass is 35.5. The molecule has 48 heavy (non-hydrogen) atoms. The van der Waals surface area contributed by atoms with E-state index in [1.54, 1.807) is 37.4 Å². The van der Waals surface area contributed by atoms with E-state index in [-0.39, 0.29) is 37.4 Å². The number of nitrogens with zero attached hydrogens (tertiary/aromatic N) is 6. The molecule has 4 aromatic rings. The fourth-order valence-electron chi connectivity index (χ4n) is 7.41. The van der Waals surface area contributed by atoms with Crippen LogP contribution in [0.1, 0.15) is 29.6 Å². The number of aryl methyl sites for hydroxylation is 2. The molecule has 2 amide bonds. The lowest BCUT2D eigenvalue weighted by Gasteiger charge is -2.49. The van der Waals surface area contributed by atoms with Gasteiger partial charge in [-0.15, -0.1) is 23.2 Å². The first kappa shape index (κ1) is 31.8. The molecule has 1 aliphatic carbocycles. The number of likely N-dealkylation sites (tertiary alicyclic amines) is 1. The summed E-state index contributed by atoms with van der Waals surface area (Å²) >= 11 is 14.3. The number of hydrogen-bond donors (Lipinski definition) is 1. The van der Waals surface area contributed by atoms with Gasteiger partial charge in [-0.25, -0.2) is 28.5 Å². The standard InChI is InChI=1S/C32H30Cl2N6O8/c1-36-21-14-24(48-4)23(47-3)13-20(21)35-19(26(36)42)9-10-38-29(45)39-11-8-18-22(40(39)30(38)46)15-31(33)27(43)37(2)28(44)32(31,34)25(18)16-6-5-7-17(41)12-16/h5-8,12-14,22,25,41H,9-11,15H2,1-4H3/t22-,25+,31-,32+/m1/s1. The first-order chi connectivity index (χ1) is 22.8. The fraction of sp³-hybridized carbons (Fsp3) is 0.375. The molecule has 0 bridgehead atoms. The van der Waals surface area contributed by atoms with E-state index >= 15 is 0 Å². The quantitative estimate of drug-likeness (QED) is 0.180. The average molecular weight is 698 g/mol. The monoisotopic (exact) mass is 696 g/mol. The number of methoxy groups -OCH3 is 2. The minimum Gasteiger partial charge on any atom is -0.508 e. The van der Waals surface area contributed by atoms with Crippen LogP contribution in [0.4, 0.5) is 0 Å². The summed E-state index contributed by atoms with van der Waals surface area (Å²) in [7, 11) is 5.85. The van der Waals surface area contributed by atoms with Crippen molar-refractivity contribution in [3.63, 3.8) is 0 Å². The predicted octanol–water partition coefficient (Wildman–Crippen LogP) is 1.65. The van der Waals surface area contributed by atoms with Crippen molar-refractivity contribution in [3.8, 4) is 17.2 Å². The van der Waals surface area contributed by atoms with Crippen molar-refractivity contribution in [3.05, 3.63) is 90.6 Å². The maximum absolute atomic E-state index is 14.1. The van der Waals surface area contributed by atoms with Crippen LogP contribution >= 0.6 is 23.2 Å². The van der Waals surface area contributed by atoms with Gasteiger partial charge in [-0.2, -0.15) is 0 Å². The van der Waals surface area contributed by atoms with Gasteiger partial charge in [-0.3, -0.25) is 19.3 Å². The molecule has 14 nitrogen and oxygen atoms in total. The van der Waals surface area contributed by atoms with Crippen LogP contribution in [0.15, 0.2) is 62.4 Å². The van der Waals surface area contributed by atoms with E-state index in [0.717, 1.165) is 9.47 Å². The number of hydrogen-bond acceptors (Lipinski definition) is 9. The third-order valence-corrected chi connectivity index (χ3v) is 11.2. The molecule has 250 valence electrons. The van der Waals surface area contributed by atoms with Gasteiger partial charge in [0.2, 0.25) is 0 Å². The number of alkyl halides is 2. The molecule has 1 N–H and O–H groups in total. The Kier molecular flexibility index (Phi) is 7.18. The molecule has 2 aromatic heterocycles. The maximum atomic E-state index is 14.1. The van der Waals surface area contributed by atoms with Crippen LogP contribution in [-0.4, -0.2) is 76.3 Å². The van der Waals surface area contributed by atoms with E-state index in [1.165, 1.54) is 47.3 Å². The number of halogens is 2. The van der Waals surface area contributed by atoms with Crippen LogP contribution in [0, 0.1) is 0 Å². The zero-order valence-corrected chi connectivity index (χ0v) is 27.8. The molecule has 4 heterocycles. The molecular weight excluding hydrogens is 667 g/mol. The molecule has 16 heteroatoms. The van der Waals surface area contributed by atoms with E-state index in [2.05, 4.69) is 4.98 Å². The second-order valence-electron chi connectivity index (χ2n) is 12.1. The Morgan fingerprint density at radius 2 is 1.69 bits per heavy atom. The summed E-state index contributed by atoms with van der Waals surface area (Å²) in [6, 6.07) is 8.47. The van der Waals surface area contributed by atoms with Crippen LogP contribution in [0.5, 0.6) is 17.2 Å². The van der Waals surface area contributed by atoms with Crippen LogP contribution in [0.25, 0.3) is 11.0 Å². The van der Waals surface area contributed by atoms with E-state index in [4.69, 9.17) is 32.7 Å². The molecule has 0 spiro atoms. The lowest BCUT2D eigenvalue weighted by molar-refractivity contribution is -0.137. The minimum atomic E-state index is -1.98. The second-order valence-corrected chi connectivity index (χ2v) is 13.4. The van der Waals surface area contributed by atoms with Crippen molar-refractivity contribution >= 4 is 46.0 Å². The van der Waals surface area contributed by atoms with Crippen molar-refractivity contribution in [2.75, 3.05) is 21.3 Å². The van der Waals surface area contributed by atoms with Gasteiger partial charge in [0.05, 0.1) is 37.8 Å². The molecule has 0 radical (unpaired) electrons. The van der Waals surface area contributed by atoms with E-state index in [0.29, 0.717) is 33.7 Å². The van der Waals surface area contributed by atoms with Crippen LogP contribution in [-0.2, 0) is 36.1 Å². The SMILES string of the molecule is COc1cc2nc(CCn3c(=O)n4n(c3=O)[C@@H]3C[C@@]5(Cl)C(=O)N(C)C(=O)[C@@]5(Cl)[C@@H](c5cccc(O)c5)C3=CC4)c(=O)n(C)c2cc1OC. The van der Waals surface area contributed by atoms with Crippen molar-refractivity contribution in [2.45, 2.75) is 47.6 Å². The molecule has 3 aliphatic rings. The lowest BCUT2D eigenvalue weighted by Crippen LogP contribution is -2.59. The van der Waals surface area contributed by atoms with Gasteiger partial charge in [0.15, 0.2) is 21.2 Å². The number of phenolic OH excluding ortho intramolecular Hbond substituents is 1. The third-order valence-electron chi connectivity index (χ3n) is 9.79. The highest BCUT2D eigenvalue weighted by Gasteiger charge is 2.74. The molecule has 0 unspecified atom stereocenters. The number of ether oxygens (including phenoxy) is 2. The molecule has 1 saturated carbocycles. The summed E-state index contributed by atoms with van der Waals surface area (Å²) in [5.74, 6) is -1.71. The zero-order chi connectivity index (χ0) is 34.4. The molecular formula is C32H30Cl2N6O8. The number of carbonyl (C=O) groups is 2. The molecule has 2 aliphatic heterocycles. The maximum Gasteiger partial charge on any atom is 0.347 e. The highest BCUT2D eigenvalue weighted by molar-refractivity contribution is 6.53.